The summed E-state index contributed by atoms with van der Waals surface area (Å²) in [4.78, 5) is 0. The molecule has 0 aromatic heterocycles. The van der Waals surface area contributed by atoms with Crippen LogP contribution in [0.2, 0.25) is 0 Å². The van der Waals surface area contributed by atoms with Crippen molar-refractivity contribution in [3.05, 3.63) is 29.8 Å². The van der Waals surface area contributed by atoms with E-state index in [0.717, 1.165) is 24.2 Å². The zero-order chi connectivity index (χ0) is 9.26. The molecule has 13 heavy (non-hydrogen) atoms. The lowest BCUT2D eigenvalue weighted by molar-refractivity contribution is 0.155. The van der Waals surface area contributed by atoms with E-state index in [-0.39, 0.29) is 6.04 Å². The summed E-state index contributed by atoms with van der Waals surface area (Å²) < 4.78 is 5.77. The van der Waals surface area contributed by atoms with E-state index in [1.54, 1.807) is 0 Å². The van der Waals surface area contributed by atoms with Crippen LogP contribution in [0.15, 0.2) is 24.3 Å². The highest BCUT2D eigenvalue weighted by Gasteiger charge is 2.23. The molecule has 1 aromatic rings. The number of nitrogens with two attached hydrogens (primary N) is 1. The highest BCUT2D eigenvalue weighted by Crippen LogP contribution is 2.33. The first-order valence-corrected chi connectivity index (χ1v) is 4.82. The van der Waals surface area contributed by atoms with Crippen molar-refractivity contribution in [2.75, 3.05) is 0 Å². The van der Waals surface area contributed by atoms with Crippen LogP contribution in [0.1, 0.15) is 31.4 Å². The zero-order valence-corrected chi connectivity index (χ0v) is 7.86. The first kappa shape index (κ1) is 8.57. The standard InChI is InChI=1S/C11H15NO/c1-2-8-7-10(12)9-5-3-4-6-11(9)13-8/h3-6,8,10H,2,7,12H2,1H3/t8?,10-/m0/s1. The van der Waals surface area contributed by atoms with Gasteiger partial charge in [-0.3, -0.25) is 0 Å². The Morgan fingerprint density at radius 3 is 3.00 bits per heavy atom. The van der Waals surface area contributed by atoms with Gasteiger partial charge >= 0.3 is 0 Å². The van der Waals surface area contributed by atoms with Crippen LogP contribution in [0, 0.1) is 0 Å². The van der Waals surface area contributed by atoms with Gasteiger partial charge in [-0.15, -0.1) is 0 Å². The van der Waals surface area contributed by atoms with E-state index >= 15 is 0 Å². The van der Waals surface area contributed by atoms with Gasteiger partial charge in [0.2, 0.25) is 0 Å². The molecule has 1 unspecified atom stereocenters. The molecule has 2 atom stereocenters. The first-order chi connectivity index (χ1) is 6.31. The van der Waals surface area contributed by atoms with Gasteiger partial charge in [0, 0.05) is 18.0 Å². The summed E-state index contributed by atoms with van der Waals surface area (Å²) in [6.07, 6.45) is 2.26. The molecule has 2 nitrogen and oxygen atoms in total. The minimum Gasteiger partial charge on any atom is -0.490 e. The van der Waals surface area contributed by atoms with Crippen LogP contribution < -0.4 is 10.5 Å². The number of hydrogen-bond acceptors (Lipinski definition) is 2. The van der Waals surface area contributed by atoms with E-state index in [2.05, 4.69) is 6.92 Å². The summed E-state index contributed by atoms with van der Waals surface area (Å²) in [5, 5.41) is 0. The molecule has 0 spiro atoms. The van der Waals surface area contributed by atoms with E-state index in [1.807, 2.05) is 24.3 Å². The second-order valence-corrected chi connectivity index (χ2v) is 3.53. The summed E-state index contributed by atoms with van der Waals surface area (Å²) in [6.45, 7) is 2.13. The van der Waals surface area contributed by atoms with Gasteiger partial charge in [-0.25, -0.2) is 0 Å². The molecule has 1 aliphatic heterocycles. The van der Waals surface area contributed by atoms with Crippen molar-refractivity contribution in [1.82, 2.24) is 0 Å². The second kappa shape index (κ2) is 3.38. The van der Waals surface area contributed by atoms with Crippen LogP contribution in [0.4, 0.5) is 0 Å². The van der Waals surface area contributed by atoms with E-state index < -0.39 is 0 Å². The van der Waals surface area contributed by atoms with Crippen molar-refractivity contribution in [3.63, 3.8) is 0 Å². The normalized spacial score (nSPS) is 26.3. The first-order valence-electron chi connectivity index (χ1n) is 4.82. The average Bonchev–Trinajstić information content (AvgIpc) is 2.18. The molecule has 0 amide bonds. The van der Waals surface area contributed by atoms with Gasteiger partial charge in [0.15, 0.2) is 0 Å². The van der Waals surface area contributed by atoms with E-state index in [9.17, 15) is 0 Å². The molecular weight excluding hydrogens is 162 g/mol. The van der Waals surface area contributed by atoms with Crippen LogP contribution in [0.25, 0.3) is 0 Å². The highest BCUT2D eigenvalue weighted by molar-refractivity contribution is 5.37. The third-order valence-electron chi connectivity index (χ3n) is 2.58. The molecule has 1 aromatic carbocycles. The SMILES string of the molecule is CCC1C[C@H](N)c2ccccc2O1. The second-order valence-electron chi connectivity index (χ2n) is 3.53. The quantitative estimate of drug-likeness (QED) is 0.714. The summed E-state index contributed by atoms with van der Waals surface area (Å²) in [6, 6.07) is 8.19. The lowest BCUT2D eigenvalue weighted by Crippen LogP contribution is -2.28. The topological polar surface area (TPSA) is 35.2 Å². The summed E-state index contributed by atoms with van der Waals surface area (Å²) in [5.74, 6) is 0.966. The maximum atomic E-state index is 6.03. The van der Waals surface area contributed by atoms with Crippen LogP contribution in [-0.2, 0) is 0 Å². The Labute approximate surface area is 78.7 Å². The Bertz CT molecular complexity index is 298. The number of benzene rings is 1. The van der Waals surface area contributed by atoms with Crippen LogP contribution in [0.3, 0.4) is 0 Å². The van der Waals surface area contributed by atoms with Crippen LogP contribution >= 0.6 is 0 Å². The number of para-hydroxylation sites is 1. The van der Waals surface area contributed by atoms with Gasteiger partial charge in [0.05, 0.1) is 0 Å². The van der Waals surface area contributed by atoms with Crippen molar-refractivity contribution < 1.29 is 4.74 Å². The van der Waals surface area contributed by atoms with Crippen molar-refractivity contribution in [1.29, 1.82) is 0 Å². The van der Waals surface area contributed by atoms with Crippen molar-refractivity contribution in [3.8, 4) is 5.75 Å². The molecule has 0 saturated carbocycles. The van der Waals surface area contributed by atoms with Crippen LogP contribution in [0.5, 0.6) is 5.75 Å². The average molecular weight is 177 g/mol. The van der Waals surface area contributed by atoms with Crippen molar-refractivity contribution >= 4 is 0 Å². The fourth-order valence-electron chi connectivity index (χ4n) is 1.78. The number of fused-ring (bicyclic) bond motifs is 1. The maximum absolute atomic E-state index is 6.03. The lowest BCUT2D eigenvalue weighted by atomic mass is 9.96. The van der Waals surface area contributed by atoms with Gasteiger partial charge in [-0.2, -0.15) is 0 Å². The maximum Gasteiger partial charge on any atom is 0.124 e. The predicted molar refractivity (Wildman–Crippen MR) is 52.7 cm³/mol. The minimum atomic E-state index is 0.148. The molecule has 0 bridgehead atoms. The fourth-order valence-corrected chi connectivity index (χ4v) is 1.78. The Morgan fingerprint density at radius 2 is 2.23 bits per heavy atom. The van der Waals surface area contributed by atoms with Crippen LogP contribution in [-0.4, -0.2) is 6.10 Å². The van der Waals surface area contributed by atoms with E-state index in [4.69, 9.17) is 10.5 Å². The molecule has 2 rings (SSSR count). The van der Waals surface area contributed by atoms with Crippen molar-refractivity contribution in [2.24, 2.45) is 5.73 Å². The van der Waals surface area contributed by atoms with E-state index in [1.165, 1.54) is 0 Å². The molecule has 0 aliphatic carbocycles. The highest BCUT2D eigenvalue weighted by atomic mass is 16.5. The summed E-state index contributed by atoms with van der Waals surface area (Å²) in [7, 11) is 0. The predicted octanol–water partition coefficient (Wildman–Crippen LogP) is 2.25. The van der Waals surface area contributed by atoms with Gasteiger partial charge in [-0.05, 0) is 12.5 Å². The van der Waals surface area contributed by atoms with Gasteiger partial charge < -0.3 is 10.5 Å². The number of ether oxygens (including phenoxy) is 1. The molecule has 0 saturated heterocycles. The minimum absolute atomic E-state index is 0.148. The Balaban J connectivity index is 2.31. The van der Waals surface area contributed by atoms with Gasteiger partial charge in [-0.1, -0.05) is 25.1 Å². The molecule has 2 N–H and O–H groups in total. The molecule has 0 radical (unpaired) electrons. The largest absolute Gasteiger partial charge is 0.490 e. The molecular formula is C11H15NO. The Morgan fingerprint density at radius 1 is 1.46 bits per heavy atom. The third kappa shape index (κ3) is 1.54. The fraction of sp³-hybridized carbons (Fsp3) is 0.455. The van der Waals surface area contributed by atoms with E-state index in [0.29, 0.717) is 6.10 Å². The molecule has 1 heterocycles. The molecule has 2 heteroatoms. The van der Waals surface area contributed by atoms with Gasteiger partial charge in [0.1, 0.15) is 11.9 Å². The summed E-state index contributed by atoms with van der Waals surface area (Å²) >= 11 is 0. The Kier molecular flexibility index (Phi) is 2.23. The Hall–Kier alpha value is -1.02. The zero-order valence-electron chi connectivity index (χ0n) is 7.86. The third-order valence-corrected chi connectivity index (χ3v) is 2.58. The van der Waals surface area contributed by atoms with Crippen molar-refractivity contribution in [2.45, 2.75) is 31.9 Å². The lowest BCUT2D eigenvalue weighted by Gasteiger charge is -2.29. The number of rotatable bonds is 1. The monoisotopic (exact) mass is 177 g/mol. The molecule has 0 fully saturated rings. The molecule has 70 valence electrons. The van der Waals surface area contributed by atoms with Gasteiger partial charge in [0.25, 0.3) is 0 Å². The summed E-state index contributed by atoms with van der Waals surface area (Å²) in [5.41, 5.74) is 7.18. The smallest absolute Gasteiger partial charge is 0.124 e. The molecule has 1 aliphatic rings. The number of hydrogen-bond donors (Lipinski definition) is 1.